The lowest BCUT2D eigenvalue weighted by Gasteiger charge is -1.96. The van der Waals surface area contributed by atoms with Crippen molar-refractivity contribution in [2.24, 2.45) is 0 Å². The van der Waals surface area contributed by atoms with E-state index in [1.54, 1.807) is 30.1 Å². The predicted octanol–water partition coefficient (Wildman–Crippen LogP) is 3.40. The molecule has 0 saturated heterocycles. The normalized spacial score (nSPS) is 10.7. The summed E-state index contributed by atoms with van der Waals surface area (Å²) in [5.41, 5.74) is 2.23. The number of ketones is 1. The average Bonchev–Trinajstić information content (AvgIpc) is 3.08. The quantitative estimate of drug-likeness (QED) is 0.688. The molecule has 0 saturated carbocycles. The van der Waals surface area contributed by atoms with Gasteiger partial charge in [0.2, 0.25) is 5.78 Å². The molecule has 90 valence electrons. The van der Waals surface area contributed by atoms with Crippen LogP contribution in [0.4, 0.5) is 0 Å². The molecule has 0 atom stereocenters. The van der Waals surface area contributed by atoms with Gasteiger partial charge in [0.05, 0.1) is 11.8 Å². The van der Waals surface area contributed by atoms with Crippen LogP contribution >= 0.6 is 22.7 Å². The summed E-state index contributed by atoms with van der Waals surface area (Å²) < 4.78 is 5.28. The van der Waals surface area contributed by atoms with E-state index in [9.17, 15) is 4.79 Å². The number of thiazole rings is 2. The summed E-state index contributed by atoms with van der Waals surface area (Å²) in [6, 6.07) is 3.56. The first-order valence-electron chi connectivity index (χ1n) is 5.20. The first kappa shape index (κ1) is 11.3. The first-order valence-corrected chi connectivity index (χ1v) is 6.90. The molecule has 3 rings (SSSR count). The Morgan fingerprint density at radius 1 is 1.39 bits per heavy atom. The van der Waals surface area contributed by atoms with Gasteiger partial charge in [0.25, 0.3) is 0 Å². The minimum atomic E-state index is -0.0954. The highest BCUT2D eigenvalue weighted by molar-refractivity contribution is 7.16. The van der Waals surface area contributed by atoms with Crippen LogP contribution in [-0.4, -0.2) is 15.8 Å². The van der Waals surface area contributed by atoms with Gasteiger partial charge in [-0.15, -0.1) is 22.7 Å². The molecule has 3 aromatic heterocycles. The van der Waals surface area contributed by atoms with Crippen molar-refractivity contribution >= 4 is 28.5 Å². The maximum atomic E-state index is 12.3. The lowest BCUT2D eigenvalue weighted by Crippen LogP contribution is -1.99. The Labute approximate surface area is 111 Å². The molecule has 18 heavy (non-hydrogen) atoms. The topological polar surface area (TPSA) is 56.0 Å². The standard InChI is InChI=1S/C12H8N2O2S2/c1-7-5-13-12(18-7)10(15)11-9(14-6-17-11)8-3-2-4-16-8/h2-6H,1H3. The molecule has 0 N–H and O–H groups in total. The minimum Gasteiger partial charge on any atom is -0.463 e. The molecule has 3 heterocycles. The highest BCUT2D eigenvalue weighted by Crippen LogP contribution is 2.28. The van der Waals surface area contributed by atoms with Gasteiger partial charge in [-0.2, -0.15) is 0 Å². The van der Waals surface area contributed by atoms with Crippen molar-refractivity contribution in [1.29, 1.82) is 0 Å². The first-order chi connectivity index (χ1) is 8.75. The number of furan rings is 1. The van der Waals surface area contributed by atoms with Crippen LogP contribution < -0.4 is 0 Å². The van der Waals surface area contributed by atoms with Crippen molar-refractivity contribution in [1.82, 2.24) is 9.97 Å². The Hall–Kier alpha value is -1.79. The van der Waals surface area contributed by atoms with Gasteiger partial charge in [0.1, 0.15) is 10.6 Å². The van der Waals surface area contributed by atoms with Gasteiger partial charge in [-0.3, -0.25) is 4.79 Å². The lowest BCUT2D eigenvalue weighted by molar-refractivity contribution is 0.104. The molecule has 0 spiro atoms. The Morgan fingerprint density at radius 2 is 2.28 bits per heavy atom. The highest BCUT2D eigenvalue weighted by Gasteiger charge is 2.21. The fourth-order valence-electron chi connectivity index (χ4n) is 1.55. The molecule has 0 amide bonds. The second-order valence-electron chi connectivity index (χ2n) is 3.61. The van der Waals surface area contributed by atoms with Crippen molar-refractivity contribution in [2.75, 3.05) is 0 Å². The van der Waals surface area contributed by atoms with Gasteiger partial charge >= 0.3 is 0 Å². The number of carbonyl (C=O) groups is 1. The summed E-state index contributed by atoms with van der Waals surface area (Å²) in [6.45, 7) is 1.93. The Bertz CT molecular complexity index is 683. The molecule has 0 aliphatic rings. The van der Waals surface area contributed by atoms with Gasteiger partial charge in [-0.25, -0.2) is 9.97 Å². The summed E-state index contributed by atoms with van der Waals surface area (Å²) in [5, 5.41) is 0.490. The van der Waals surface area contributed by atoms with Crippen LogP contribution in [0.25, 0.3) is 11.5 Å². The molecule has 3 aromatic rings. The maximum Gasteiger partial charge on any atom is 0.233 e. The molecular formula is C12H8N2O2S2. The Kier molecular flexibility index (Phi) is 2.81. The van der Waals surface area contributed by atoms with E-state index in [4.69, 9.17) is 4.42 Å². The zero-order valence-electron chi connectivity index (χ0n) is 9.41. The number of aromatic nitrogens is 2. The fraction of sp³-hybridized carbons (Fsp3) is 0.0833. The molecule has 0 unspecified atom stereocenters. The molecule has 0 aliphatic heterocycles. The SMILES string of the molecule is Cc1cnc(C(=O)c2scnc2-c2ccco2)s1. The minimum absolute atomic E-state index is 0.0954. The third-order valence-corrected chi connectivity index (χ3v) is 4.08. The molecule has 6 heteroatoms. The smallest absolute Gasteiger partial charge is 0.233 e. The number of hydrogen-bond donors (Lipinski definition) is 0. The van der Waals surface area contributed by atoms with Crippen LogP contribution in [0, 0.1) is 6.92 Å². The van der Waals surface area contributed by atoms with Gasteiger partial charge in [-0.1, -0.05) is 0 Å². The highest BCUT2D eigenvalue weighted by atomic mass is 32.1. The van der Waals surface area contributed by atoms with Crippen LogP contribution in [0.3, 0.4) is 0 Å². The van der Waals surface area contributed by atoms with Crippen LogP contribution in [-0.2, 0) is 0 Å². The van der Waals surface area contributed by atoms with Crippen LogP contribution in [0.1, 0.15) is 19.6 Å². The summed E-state index contributed by atoms with van der Waals surface area (Å²) in [4.78, 5) is 22.2. The summed E-state index contributed by atoms with van der Waals surface area (Å²) in [6.07, 6.45) is 3.27. The van der Waals surface area contributed by atoms with Crippen molar-refractivity contribution < 1.29 is 9.21 Å². The Morgan fingerprint density at radius 3 is 2.94 bits per heavy atom. The van der Waals surface area contributed by atoms with Crippen molar-refractivity contribution in [3.05, 3.63) is 44.9 Å². The van der Waals surface area contributed by atoms with E-state index in [0.29, 0.717) is 21.3 Å². The van der Waals surface area contributed by atoms with E-state index in [1.165, 1.54) is 22.7 Å². The van der Waals surface area contributed by atoms with Gasteiger partial charge in [0, 0.05) is 11.1 Å². The van der Waals surface area contributed by atoms with Crippen molar-refractivity contribution in [3.8, 4) is 11.5 Å². The monoisotopic (exact) mass is 276 g/mol. The number of aryl methyl sites for hydroxylation is 1. The fourth-order valence-corrected chi connectivity index (χ4v) is 3.06. The van der Waals surface area contributed by atoms with E-state index in [-0.39, 0.29) is 5.78 Å². The van der Waals surface area contributed by atoms with Gasteiger partial charge in [-0.05, 0) is 19.1 Å². The van der Waals surface area contributed by atoms with Crippen molar-refractivity contribution in [3.63, 3.8) is 0 Å². The van der Waals surface area contributed by atoms with Crippen LogP contribution in [0.5, 0.6) is 0 Å². The zero-order valence-corrected chi connectivity index (χ0v) is 11.0. The van der Waals surface area contributed by atoms with Gasteiger partial charge < -0.3 is 4.42 Å². The molecule has 4 nitrogen and oxygen atoms in total. The van der Waals surface area contributed by atoms with E-state index in [0.717, 1.165) is 4.88 Å². The van der Waals surface area contributed by atoms with E-state index >= 15 is 0 Å². The zero-order chi connectivity index (χ0) is 12.5. The average molecular weight is 276 g/mol. The van der Waals surface area contributed by atoms with Crippen LogP contribution in [0.15, 0.2) is 34.5 Å². The largest absolute Gasteiger partial charge is 0.463 e. The number of carbonyl (C=O) groups excluding carboxylic acids is 1. The molecule has 0 aliphatic carbocycles. The molecular weight excluding hydrogens is 268 g/mol. The van der Waals surface area contributed by atoms with Crippen LogP contribution in [0.2, 0.25) is 0 Å². The summed E-state index contributed by atoms with van der Waals surface area (Å²) in [5.74, 6) is 0.509. The van der Waals surface area contributed by atoms with E-state index in [1.807, 2.05) is 6.92 Å². The molecule has 0 radical (unpaired) electrons. The second kappa shape index (κ2) is 4.47. The predicted molar refractivity (Wildman–Crippen MR) is 70.1 cm³/mol. The molecule has 0 fully saturated rings. The second-order valence-corrected chi connectivity index (χ2v) is 5.70. The van der Waals surface area contributed by atoms with E-state index in [2.05, 4.69) is 9.97 Å². The van der Waals surface area contributed by atoms with Gasteiger partial charge in [0.15, 0.2) is 10.8 Å². The molecule has 0 bridgehead atoms. The Balaban J connectivity index is 2.03. The maximum absolute atomic E-state index is 12.3. The number of hydrogen-bond acceptors (Lipinski definition) is 6. The number of rotatable bonds is 3. The van der Waals surface area contributed by atoms with E-state index < -0.39 is 0 Å². The molecule has 0 aromatic carbocycles. The summed E-state index contributed by atoms with van der Waals surface area (Å²) >= 11 is 2.69. The third kappa shape index (κ3) is 1.89. The third-order valence-electron chi connectivity index (χ3n) is 2.34. The lowest BCUT2D eigenvalue weighted by atomic mass is 10.2. The van der Waals surface area contributed by atoms with Crippen molar-refractivity contribution in [2.45, 2.75) is 6.92 Å². The summed E-state index contributed by atoms with van der Waals surface area (Å²) in [7, 11) is 0. The number of nitrogens with zero attached hydrogens (tertiary/aromatic N) is 2.